The van der Waals surface area contributed by atoms with Gasteiger partial charge in [0.2, 0.25) is 10.0 Å². The summed E-state index contributed by atoms with van der Waals surface area (Å²) in [5.41, 5.74) is 0.310. The number of sulfone groups is 1. The number of carbonyl (C=O) groups excluding carboxylic acids is 2. The van der Waals surface area contributed by atoms with Gasteiger partial charge in [0.15, 0.2) is 15.9 Å². The van der Waals surface area contributed by atoms with E-state index in [4.69, 9.17) is 4.74 Å². The molecule has 0 aliphatic heterocycles. The molecule has 0 aromatic heterocycles. The molecule has 2 aromatic rings. The van der Waals surface area contributed by atoms with Crippen LogP contribution in [0.2, 0.25) is 0 Å². The summed E-state index contributed by atoms with van der Waals surface area (Å²) in [6, 6.07) is 10.8. The molecule has 9 nitrogen and oxygen atoms in total. The molecule has 1 amide bonds. The van der Waals surface area contributed by atoms with Crippen LogP contribution in [0.15, 0.2) is 58.3 Å². The molecule has 2 rings (SSSR count). The highest BCUT2D eigenvalue weighted by Crippen LogP contribution is 2.18. The highest BCUT2D eigenvalue weighted by atomic mass is 32.2. The third-order valence-corrected chi connectivity index (χ3v) is 6.99. The van der Waals surface area contributed by atoms with Crippen molar-refractivity contribution in [2.45, 2.75) is 22.8 Å². The van der Waals surface area contributed by atoms with Crippen LogP contribution in [0, 0.1) is 0 Å². The quantitative estimate of drug-likeness (QED) is 0.629. The van der Waals surface area contributed by atoms with Crippen LogP contribution in [-0.2, 0) is 29.4 Å². The van der Waals surface area contributed by atoms with E-state index in [0.29, 0.717) is 0 Å². The largest absolute Gasteiger partial charge is 0.449 e. The van der Waals surface area contributed by atoms with Crippen LogP contribution in [0.3, 0.4) is 0 Å². The molecule has 0 radical (unpaired) electrons. The Labute approximate surface area is 175 Å². The van der Waals surface area contributed by atoms with E-state index < -0.39 is 37.8 Å². The Kier molecular flexibility index (Phi) is 7.01. The lowest BCUT2D eigenvalue weighted by atomic mass is 10.2. The zero-order chi connectivity index (χ0) is 22.7. The Hall–Kier alpha value is -2.76. The van der Waals surface area contributed by atoms with Gasteiger partial charge in [-0.05, 0) is 49.4 Å². The number of nitrogens with zero attached hydrogens (tertiary/aromatic N) is 1. The van der Waals surface area contributed by atoms with Crippen LogP contribution < -0.4 is 5.32 Å². The van der Waals surface area contributed by atoms with Crippen molar-refractivity contribution in [3.05, 3.63) is 54.1 Å². The topological polar surface area (TPSA) is 127 Å². The molecule has 11 heteroatoms. The van der Waals surface area contributed by atoms with Gasteiger partial charge in [0.1, 0.15) is 0 Å². The summed E-state index contributed by atoms with van der Waals surface area (Å²) in [7, 11) is -4.28. The van der Waals surface area contributed by atoms with Gasteiger partial charge in [-0.2, -0.15) is 0 Å². The first-order valence-corrected chi connectivity index (χ1v) is 12.0. The molecular formula is C19H22N2O7S2. The van der Waals surface area contributed by atoms with E-state index >= 15 is 0 Å². The van der Waals surface area contributed by atoms with Gasteiger partial charge in [0.25, 0.3) is 5.91 Å². The molecule has 0 heterocycles. The Morgan fingerprint density at radius 3 is 2.10 bits per heavy atom. The first-order valence-electron chi connectivity index (χ1n) is 8.67. The predicted molar refractivity (Wildman–Crippen MR) is 110 cm³/mol. The molecule has 0 saturated heterocycles. The maximum Gasteiger partial charge on any atom is 0.338 e. The van der Waals surface area contributed by atoms with E-state index in [1.165, 1.54) is 69.6 Å². The highest BCUT2D eigenvalue weighted by molar-refractivity contribution is 7.90. The molecule has 0 spiro atoms. The number of esters is 1. The second kappa shape index (κ2) is 8.94. The minimum atomic E-state index is -3.67. The van der Waals surface area contributed by atoms with Gasteiger partial charge in [0, 0.05) is 26.0 Å². The predicted octanol–water partition coefficient (Wildman–Crippen LogP) is 1.52. The van der Waals surface area contributed by atoms with Gasteiger partial charge in [0.05, 0.1) is 15.4 Å². The molecular weight excluding hydrogens is 432 g/mol. The summed E-state index contributed by atoms with van der Waals surface area (Å²) in [5, 5.41) is 2.50. The van der Waals surface area contributed by atoms with Crippen molar-refractivity contribution >= 4 is 37.4 Å². The number of anilines is 1. The van der Waals surface area contributed by atoms with Crippen LogP contribution >= 0.6 is 0 Å². The van der Waals surface area contributed by atoms with Crippen molar-refractivity contribution in [1.29, 1.82) is 0 Å². The average molecular weight is 455 g/mol. The molecule has 2 aromatic carbocycles. The zero-order valence-electron chi connectivity index (χ0n) is 16.8. The fourth-order valence-corrected chi connectivity index (χ4v) is 3.89. The first kappa shape index (κ1) is 23.5. The van der Waals surface area contributed by atoms with Crippen LogP contribution in [0.1, 0.15) is 17.3 Å². The lowest BCUT2D eigenvalue weighted by Crippen LogP contribution is -2.30. The summed E-state index contributed by atoms with van der Waals surface area (Å²) < 4.78 is 53.5. The first-order chi connectivity index (χ1) is 13.8. The molecule has 0 bridgehead atoms. The van der Waals surface area contributed by atoms with E-state index in [2.05, 4.69) is 5.32 Å². The van der Waals surface area contributed by atoms with E-state index in [0.717, 1.165) is 10.6 Å². The van der Waals surface area contributed by atoms with Crippen LogP contribution in [0.25, 0.3) is 0 Å². The molecule has 162 valence electrons. The Bertz CT molecular complexity index is 1160. The maximum absolute atomic E-state index is 12.3. The minimum absolute atomic E-state index is 0.000846. The van der Waals surface area contributed by atoms with E-state index in [1.54, 1.807) is 0 Å². The maximum atomic E-state index is 12.3. The number of carbonyl (C=O) groups is 2. The molecule has 0 aliphatic rings. The summed E-state index contributed by atoms with van der Waals surface area (Å²) in [4.78, 5) is 24.6. The fraction of sp³-hybridized carbons (Fsp3) is 0.263. The Morgan fingerprint density at radius 1 is 0.967 bits per heavy atom. The monoisotopic (exact) mass is 454 g/mol. The van der Waals surface area contributed by atoms with Crippen molar-refractivity contribution in [2.24, 2.45) is 0 Å². The Balaban J connectivity index is 2.07. The van der Waals surface area contributed by atoms with Gasteiger partial charge < -0.3 is 10.1 Å². The summed E-state index contributed by atoms with van der Waals surface area (Å²) in [6.07, 6.45) is -0.132. The standard InChI is InChI=1S/C19H22N2O7S2/c1-13(28-19(23)14-8-10-16(11-9-14)29(4,24)25)18(22)20-15-6-5-7-17(12-15)30(26,27)21(2)3/h5-13H,1-4H3,(H,20,22). The van der Waals surface area contributed by atoms with Gasteiger partial charge in [-0.1, -0.05) is 6.07 Å². The minimum Gasteiger partial charge on any atom is -0.449 e. The van der Waals surface area contributed by atoms with Crippen LogP contribution in [0.5, 0.6) is 0 Å². The average Bonchev–Trinajstić information content (AvgIpc) is 2.67. The normalized spacial score (nSPS) is 13.0. The fourth-order valence-electron chi connectivity index (χ4n) is 2.31. The van der Waals surface area contributed by atoms with Crippen molar-refractivity contribution in [3.8, 4) is 0 Å². The van der Waals surface area contributed by atoms with Gasteiger partial charge in [-0.3, -0.25) is 4.79 Å². The van der Waals surface area contributed by atoms with Crippen molar-refractivity contribution in [2.75, 3.05) is 25.7 Å². The Morgan fingerprint density at radius 2 is 1.57 bits per heavy atom. The smallest absolute Gasteiger partial charge is 0.338 e. The second-order valence-electron chi connectivity index (χ2n) is 6.65. The van der Waals surface area contributed by atoms with Crippen LogP contribution in [0.4, 0.5) is 5.69 Å². The third kappa shape index (κ3) is 5.65. The number of benzene rings is 2. The number of hydrogen-bond acceptors (Lipinski definition) is 7. The number of rotatable bonds is 7. The van der Waals surface area contributed by atoms with Gasteiger partial charge in [-0.25, -0.2) is 25.9 Å². The lowest BCUT2D eigenvalue weighted by molar-refractivity contribution is -0.123. The number of sulfonamides is 1. The SMILES string of the molecule is CC(OC(=O)c1ccc(S(C)(=O)=O)cc1)C(=O)Nc1cccc(S(=O)(=O)N(C)C)c1. The summed E-state index contributed by atoms with van der Waals surface area (Å²) in [5.74, 6) is -1.46. The summed E-state index contributed by atoms with van der Waals surface area (Å²) >= 11 is 0. The second-order valence-corrected chi connectivity index (χ2v) is 10.8. The molecule has 1 N–H and O–H groups in total. The van der Waals surface area contributed by atoms with Crippen molar-refractivity contribution < 1.29 is 31.2 Å². The van der Waals surface area contributed by atoms with E-state index in [9.17, 15) is 26.4 Å². The molecule has 30 heavy (non-hydrogen) atoms. The van der Waals surface area contributed by atoms with E-state index in [1.807, 2.05) is 0 Å². The number of ether oxygens (including phenoxy) is 1. The van der Waals surface area contributed by atoms with Gasteiger partial charge >= 0.3 is 5.97 Å². The number of nitrogens with one attached hydrogen (secondary N) is 1. The van der Waals surface area contributed by atoms with Gasteiger partial charge in [-0.15, -0.1) is 0 Å². The molecule has 0 saturated carbocycles. The molecule has 1 atom stereocenters. The van der Waals surface area contributed by atoms with E-state index in [-0.39, 0.29) is 21.0 Å². The zero-order valence-corrected chi connectivity index (χ0v) is 18.5. The number of hydrogen-bond donors (Lipinski definition) is 1. The van der Waals surface area contributed by atoms with Crippen LogP contribution in [-0.4, -0.2) is 59.5 Å². The lowest BCUT2D eigenvalue weighted by Gasteiger charge is -2.15. The molecule has 0 fully saturated rings. The highest BCUT2D eigenvalue weighted by Gasteiger charge is 2.21. The van der Waals surface area contributed by atoms with Crippen molar-refractivity contribution in [3.63, 3.8) is 0 Å². The third-order valence-electron chi connectivity index (χ3n) is 4.05. The summed E-state index contributed by atoms with van der Waals surface area (Å²) in [6.45, 7) is 1.36. The van der Waals surface area contributed by atoms with Crippen molar-refractivity contribution in [1.82, 2.24) is 4.31 Å². The molecule has 1 unspecified atom stereocenters. The number of amides is 1. The molecule has 0 aliphatic carbocycles.